The van der Waals surface area contributed by atoms with Gasteiger partial charge in [-0.15, -0.1) is 0 Å². The van der Waals surface area contributed by atoms with Gasteiger partial charge in [-0.25, -0.2) is 4.99 Å². The molecule has 0 bridgehead atoms. The summed E-state index contributed by atoms with van der Waals surface area (Å²) < 4.78 is 0. The van der Waals surface area contributed by atoms with Gasteiger partial charge in [-0.05, 0) is 42.5 Å². The Morgan fingerprint density at radius 3 is 2.37 bits per heavy atom. The first-order valence-corrected chi connectivity index (χ1v) is 10.2. The Hall–Kier alpha value is -2.33. The van der Waals surface area contributed by atoms with Gasteiger partial charge in [-0.2, -0.15) is 0 Å². The molecule has 1 N–H and O–H groups in total. The number of benzene rings is 2. The van der Waals surface area contributed by atoms with E-state index in [9.17, 15) is 0 Å². The molecule has 0 spiro atoms. The first-order chi connectivity index (χ1) is 13.2. The molecule has 0 radical (unpaired) electrons. The predicted molar refractivity (Wildman–Crippen MR) is 114 cm³/mol. The maximum Gasteiger partial charge on any atom is 0.205 e. The number of nitrogens with zero attached hydrogens (tertiary/aromatic N) is 3. The molecule has 1 fully saturated rings. The maximum absolute atomic E-state index is 4.96. The van der Waals surface area contributed by atoms with Crippen LogP contribution in [0.2, 0.25) is 0 Å². The molecule has 1 aliphatic heterocycles. The topological polar surface area (TPSA) is 30.9 Å². The fraction of sp³-hybridized carbons (Fsp3) is 0.435. The highest BCUT2D eigenvalue weighted by atomic mass is 15.5. The fourth-order valence-electron chi connectivity index (χ4n) is 4.38. The standard InChI is InChI=1S/C23H30N4/c1-18-10-9-15-22(19(18)2)26-16-24-23(25-20-11-5-3-6-12-20)27(17-26)21-13-7-4-8-14-21/h3-8,11-14,18-19,22H,9-10,15-17H2,1-2H3,(H,24,25). The molecule has 3 atom stereocenters. The van der Waals surface area contributed by atoms with E-state index in [1.54, 1.807) is 0 Å². The van der Waals surface area contributed by atoms with Crippen molar-refractivity contribution in [2.75, 3.05) is 23.6 Å². The minimum absolute atomic E-state index is 0.613. The van der Waals surface area contributed by atoms with Crippen molar-refractivity contribution in [1.82, 2.24) is 4.90 Å². The third-order valence-electron chi connectivity index (χ3n) is 6.21. The van der Waals surface area contributed by atoms with Crippen LogP contribution in [-0.2, 0) is 0 Å². The normalized spacial score (nSPS) is 26.5. The number of para-hydroxylation sites is 2. The third-order valence-corrected chi connectivity index (χ3v) is 6.21. The average molecular weight is 363 g/mol. The average Bonchev–Trinajstić information content (AvgIpc) is 2.72. The molecule has 0 aromatic heterocycles. The van der Waals surface area contributed by atoms with Crippen LogP contribution in [0, 0.1) is 11.8 Å². The highest BCUT2D eigenvalue weighted by Gasteiger charge is 2.34. The molecular formula is C23H30N4. The van der Waals surface area contributed by atoms with E-state index in [1.807, 2.05) is 6.07 Å². The summed E-state index contributed by atoms with van der Waals surface area (Å²) in [6.07, 6.45) is 3.97. The number of hydrogen-bond donors (Lipinski definition) is 1. The molecule has 1 saturated carbocycles. The van der Waals surface area contributed by atoms with Crippen molar-refractivity contribution in [2.24, 2.45) is 16.8 Å². The lowest BCUT2D eigenvalue weighted by atomic mass is 9.77. The van der Waals surface area contributed by atoms with E-state index in [-0.39, 0.29) is 0 Å². The van der Waals surface area contributed by atoms with Crippen LogP contribution >= 0.6 is 0 Å². The van der Waals surface area contributed by atoms with E-state index in [4.69, 9.17) is 4.99 Å². The largest absolute Gasteiger partial charge is 0.326 e. The summed E-state index contributed by atoms with van der Waals surface area (Å²) in [5.74, 6) is 2.44. The maximum atomic E-state index is 4.96. The van der Waals surface area contributed by atoms with Crippen molar-refractivity contribution >= 4 is 17.3 Å². The Bertz CT molecular complexity index is 758. The minimum atomic E-state index is 0.613. The summed E-state index contributed by atoms with van der Waals surface area (Å²) in [6.45, 7) is 6.47. The second kappa shape index (κ2) is 8.13. The smallest absolute Gasteiger partial charge is 0.205 e. The van der Waals surface area contributed by atoms with E-state index in [1.165, 1.54) is 24.9 Å². The molecule has 27 heavy (non-hydrogen) atoms. The zero-order chi connectivity index (χ0) is 18.6. The number of hydrogen-bond acceptors (Lipinski definition) is 4. The molecule has 2 aliphatic rings. The summed E-state index contributed by atoms with van der Waals surface area (Å²) in [6, 6.07) is 21.5. The second-order valence-corrected chi connectivity index (χ2v) is 7.94. The lowest BCUT2D eigenvalue weighted by molar-refractivity contribution is 0.0829. The SMILES string of the molecule is CC1CCCC(N2CN=C(Nc3ccccc3)N(c3ccccc3)C2)C1C. The summed E-state index contributed by atoms with van der Waals surface area (Å²) in [7, 11) is 0. The quantitative estimate of drug-likeness (QED) is 0.832. The molecule has 142 valence electrons. The third kappa shape index (κ3) is 4.01. The van der Waals surface area contributed by atoms with Gasteiger partial charge >= 0.3 is 0 Å². The molecule has 2 aromatic carbocycles. The van der Waals surface area contributed by atoms with Crippen LogP contribution in [0.5, 0.6) is 0 Å². The molecule has 0 amide bonds. The van der Waals surface area contributed by atoms with Gasteiger partial charge in [-0.3, -0.25) is 9.80 Å². The van der Waals surface area contributed by atoms with Gasteiger partial charge in [0.1, 0.15) is 0 Å². The first kappa shape index (κ1) is 18.1. The minimum Gasteiger partial charge on any atom is -0.326 e. The van der Waals surface area contributed by atoms with Gasteiger partial charge in [0, 0.05) is 17.4 Å². The van der Waals surface area contributed by atoms with Crippen molar-refractivity contribution in [1.29, 1.82) is 0 Å². The van der Waals surface area contributed by atoms with Crippen LogP contribution in [0.3, 0.4) is 0 Å². The Labute approximate surface area is 162 Å². The summed E-state index contributed by atoms with van der Waals surface area (Å²) in [4.78, 5) is 9.82. The van der Waals surface area contributed by atoms with Crippen LogP contribution in [-0.4, -0.2) is 30.2 Å². The molecule has 0 saturated heterocycles. The van der Waals surface area contributed by atoms with Crippen molar-refractivity contribution in [3.8, 4) is 0 Å². The number of nitrogens with one attached hydrogen (secondary N) is 1. The molecular weight excluding hydrogens is 332 g/mol. The lowest BCUT2D eigenvalue weighted by Gasteiger charge is -2.45. The van der Waals surface area contributed by atoms with Crippen LogP contribution in [0.15, 0.2) is 65.7 Å². The van der Waals surface area contributed by atoms with Gasteiger partial charge in [0.05, 0.1) is 13.3 Å². The van der Waals surface area contributed by atoms with Crippen molar-refractivity contribution in [3.63, 3.8) is 0 Å². The molecule has 1 aliphatic carbocycles. The van der Waals surface area contributed by atoms with E-state index in [0.29, 0.717) is 6.04 Å². The fourth-order valence-corrected chi connectivity index (χ4v) is 4.38. The van der Waals surface area contributed by atoms with E-state index in [2.05, 4.69) is 83.6 Å². The number of guanidine groups is 1. The van der Waals surface area contributed by atoms with Gasteiger partial charge in [0.15, 0.2) is 0 Å². The number of rotatable bonds is 3. The molecule has 3 unspecified atom stereocenters. The highest BCUT2D eigenvalue weighted by Crippen LogP contribution is 2.34. The Balaban J connectivity index is 1.59. The van der Waals surface area contributed by atoms with Gasteiger partial charge in [0.2, 0.25) is 5.96 Å². The van der Waals surface area contributed by atoms with Gasteiger partial charge in [0.25, 0.3) is 0 Å². The van der Waals surface area contributed by atoms with E-state index < -0.39 is 0 Å². The van der Waals surface area contributed by atoms with Crippen molar-refractivity contribution < 1.29 is 0 Å². The van der Waals surface area contributed by atoms with Crippen LogP contribution in [0.25, 0.3) is 0 Å². The van der Waals surface area contributed by atoms with E-state index >= 15 is 0 Å². The highest BCUT2D eigenvalue weighted by molar-refractivity contribution is 6.05. The van der Waals surface area contributed by atoms with Gasteiger partial charge < -0.3 is 5.32 Å². The summed E-state index contributed by atoms with van der Waals surface area (Å²) in [5.41, 5.74) is 2.26. The van der Waals surface area contributed by atoms with E-state index in [0.717, 1.165) is 36.8 Å². The summed E-state index contributed by atoms with van der Waals surface area (Å²) >= 11 is 0. The molecule has 1 heterocycles. The van der Waals surface area contributed by atoms with Crippen LogP contribution in [0.4, 0.5) is 11.4 Å². The van der Waals surface area contributed by atoms with Gasteiger partial charge in [-0.1, -0.05) is 63.1 Å². The zero-order valence-corrected chi connectivity index (χ0v) is 16.4. The lowest BCUT2D eigenvalue weighted by Crippen LogP contribution is -2.55. The number of anilines is 2. The first-order valence-electron chi connectivity index (χ1n) is 10.2. The Kier molecular flexibility index (Phi) is 5.44. The van der Waals surface area contributed by atoms with Crippen molar-refractivity contribution in [2.45, 2.75) is 39.2 Å². The molecule has 4 nitrogen and oxygen atoms in total. The Morgan fingerprint density at radius 1 is 0.926 bits per heavy atom. The predicted octanol–water partition coefficient (Wildman–Crippen LogP) is 5.02. The monoisotopic (exact) mass is 362 g/mol. The molecule has 4 heteroatoms. The summed E-state index contributed by atoms with van der Waals surface area (Å²) in [5, 5.41) is 3.52. The van der Waals surface area contributed by atoms with Crippen LogP contribution < -0.4 is 10.2 Å². The second-order valence-electron chi connectivity index (χ2n) is 7.94. The number of aliphatic imine (C=N–C) groups is 1. The molecule has 4 rings (SSSR count). The Morgan fingerprint density at radius 2 is 1.63 bits per heavy atom. The zero-order valence-electron chi connectivity index (χ0n) is 16.4. The molecule has 2 aromatic rings. The van der Waals surface area contributed by atoms with Crippen molar-refractivity contribution in [3.05, 3.63) is 60.7 Å². The van der Waals surface area contributed by atoms with Crippen LogP contribution in [0.1, 0.15) is 33.1 Å².